The zero-order chi connectivity index (χ0) is 25.7. The van der Waals surface area contributed by atoms with E-state index in [0.29, 0.717) is 65.4 Å². The number of amidine groups is 1. The highest BCUT2D eigenvalue weighted by molar-refractivity contribution is 14.1. The zero-order valence-corrected chi connectivity index (χ0v) is 23.3. The Hall–Kier alpha value is -2.06. The molecule has 2 aliphatic rings. The number of rotatable bonds is 9. The van der Waals surface area contributed by atoms with E-state index in [0.717, 1.165) is 3.57 Å². The first kappa shape index (κ1) is 27.0. The highest BCUT2D eigenvalue weighted by Gasteiger charge is 2.35. The van der Waals surface area contributed by atoms with E-state index in [4.69, 9.17) is 31.2 Å². The van der Waals surface area contributed by atoms with Crippen LogP contribution in [0.15, 0.2) is 46.0 Å². The van der Waals surface area contributed by atoms with Crippen LogP contribution in [0.4, 0.5) is 0 Å². The van der Waals surface area contributed by atoms with Gasteiger partial charge in [0.1, 0.15) is 6.04 Å². The molecular formula is C24H26ClIN4O5S. The summed E-state index contributed by atoms with van der Waals surface area (Å²) in [6.45, 7) is 4.06. The maximum atomic E-state index is 13.3. The van der Waals surface area contributed by atoms with E-state index < -0.39 is 18.0 Å². The summed E-state index contributed by atoms with van der Waals surface area (Å²) in [6, 6.07) is 4.99. The van der Waals surface area contributed by atoms with Crippen LogP contribution in [0.1, 0.15) is 36.4 Å². The van der Waals surface area contributed by atoms with Gasteiger partial charge in [0.25, 0.3) is 0 Å². The SMILES string of the molecule is CCOC(=O)C1=C(CN2CCO[C@@H](CCC(=O)O)C2)NC(c2nccs2)=N[C@H]1c1ccc(I)cc1Cl. The molecule has 1 aromatic carbocycles. The van der Waals surface area contributed by atoms with Crippen LogP contribution >= 0.6 is 45.5 Å². The summed E-state index contributed by atoms with van der Waals surface area (Å²) in [6.07, 6.45) is 1.98. The van der Waals surface area contributed by atoms with Gasteiger partial charge in [-0.15, -0.1) is 11.3 Å². The third-order valence-electron chi connectivity index (χ3n) is 5.80. The lowest BCUT2D eigenvalue weighted by atomic mass is 9.95. The number of hydrogen-bond donors (Lipinski definition) is 2. The predicted octanol–water partition coefficient (Wildman–Crippen LogP) is 3.88. The van der Waals surface area contributed by atoms with Crippen molar-refractivity contribution < 1.29 is 24.2 Å². The fourth-order valence-corrected chi connectivity index (χ4v) is 5.72. The standard InChI is InChI=1S/C24H26ClIN4O5S/c1-2-34-24(33)20-18(13-30-8-9-35-15(12-30)4-6-19(31)32)28-22(23-27-7-10-36-23)29-21(20)16-5-3-14(26)11-17(16)25/h3,5,7,10-11,15,21H,2,4,6,8-9,12-13H2,1H3,(H,28,29)(H,31,32)/t15-,21-/m0/s1. The topological polar surface area (TPSA) is 113 Å². The minimum atomic E-state index is -0.849. The van der Waals surface area contributed by atoms with Crippen molar-refractivity contribution >= 4 is 63.3 Å². The number of esters is 1. The van der Waals surface area contributed by atoms with Gasteiger partial charge in [-0.05, 0) is 48.1 Å². The number of carboxylic acids is 1. The highest BCUT2D eigenvalue weighted by atomic mass is 127. The number of nitrogens with one attached hydrogen (secondary N) is 1. The second-order valence-electron chi connectivity index (χ2n) is 8.28. The molecule has 36 heavy (non-hydrogen) atoms. The van der Waals surface area contributed by atoms with E-state index >= 15 is 0 Å². The summed E-state index contributed by atoms with van der Waals surface area (Å²) in [5, 5.41) is 15.5. The van der Waals surface area contributed by atoms with Crippen LogP contribution in [0.3, 0.4) is 0 Å². The molecule has 192 valence electrons. The van der Waals surface area contributed by atoms with Crippen molar-refractivity contribution in [3.63, 3.8) is 0 Å². The number of hydrogen-bond acceptors (Lipinski definition) is 9. The van der Waals surface area contributed by atoms with Gasteiger partial charge in [0.15, 0.2) is 10.8 Å². The maximum Gasteiger partial charge on any atom is 0.338 e. The van der Waals surface area contributed by atoms with Gasteiger partial charge in [-0.2, -0.15) is 0 Å². The lowest BCUT2D eigenvalue weighted by Crippen LogP contribution is -2.46. The Morgan fingerprint density at radius 1 is 1.42 bits per heavy atom. The highest BCUT2D eigenvalue weighted by Crippen LogP contribution is 2.37. The number of aliphatic carboxylic acids is 1. The Morgan fingerprint density at radius 3 is 2.94 bits per heavy atom. The predicted molar refractivity (Wildman–Crippen MR) is 145 cm³/mol. The molecule has 0 aliphatic carbocycles. The van der Waals surface area contributed by atoms with Crippen LogP contribution in [0.25, 0.3) is 0 Å². The summed E-state index contributed by atoms with van der Waals surface area (Å²) in [5.41, 5.74) is 1.76. The molecule has 9 nitrogen and oxygen atoms in total. The first-order valence-electron chi connectivity index (χ1n) is 11.5. The molecule has 0 bridgehead atoms. The van der Waals surface area contributed by atoms with Crippen molar-refractivity contribution in [1.29, 1.82) is 0 Å². The fourth-order valence-electron chi connectivity index (χ4n) is 4.17. The first-order chi connectivity index (χ1) is 17.4. The van der Waals surface area contributed by atoms with Gasteiger partial charge in [-0.3, -0.25) is 14.7 Å². The van der Waals surface area contributed by atoms with Gasteiger partial charge in [0, 0.05) is 57.5 Å². The van der Waals surface area contributed by atoms with Crippen molar-refractivity contribution in [2.24, 2.45) is 4.99 Å². The third-order valence-corrected chi connectivity index (χ3v) is 7.58. The average Bonchev–Trinajstić information content (AvgIpc) is 3.38. The molecule has 0 unspecified atom stereocenters. The van der Waals surface area contributed by atoms with Crippen molar-refractivity contribution in [3.05, 3.63) is 60.2 Å². The quantitative estimate of drug-likeness (QED) is 0.313. The molecular weight excluding hydrogens is 619 g/mol. The summed E-state index contributed by atoms with van der Waals surface area (Å²) in [7, 11) is 0. The Morgan fingerprint density at radius 2 is 2.25 bits per heavy atom. The molecule has 0 amide bonds. The largest absolute Gasteiger partial charge is 0.481 e. The van der Waals surface area contributed by atoms with Crippen molar-refractivity contribution in [3.8, 4) is 0 Å². The molecule has 12 heteroatoms. The number of carboxylic acid groups (broad SMARTS) is 1. The van der Waals surface area contributed by atoms with E-state index in [2.05, 4.69) is 37.8 Å². The average molecular weight is 645 g/mol. The summed E-state index contributed by atoms with van der Waals surface area (Å²) < 4.78 is 12.2. The van der Waals surface area contributed by atoms with E-state index in [1.165, 1.54) is 11.3 Å². The Labute approximate surface area is 231 Å². The van der Waals surface area contributed by atoms with Gasteiger partial charge >= 0.3 is 11.9 Å². The van der Waals surface area contributed by atoms with Crippen LogP contribution in [-0.4, -0.2) is 71.7 Å². The van der Waals surface area contributed by atoms with Gasteiger partial charge in [-0.25, -0.2) is 9.78 Å². The number of morpholine rings is 1. The van der Waals surface area contributed by atoms with Crippen molar-refractivity contribution in [2.75, 3.05) is 32.8 Å². The monoisotopic (exact) mass is 644 g/mol. The number of carbonyl (C=O) groups excluding carboxylic acids is 1. The number of thiazole rings is 1. The van der Waals surface area contributed by atoms with Crippen LogP contribution in [0.2, 0.25) is 5.02 Å². The molecule has 1 saturated heterocycles. The fraction of sp³-hybridized carbons (Fsp3) is 0.417. The Balaban J connectivity index is 1.71. The molecule has 1 fully saturated rings. The molecule has 0 spiro atoms. The second kappa shape index (κ2) is 12.5. The molecule has 3 heterocycles. The maximum absolute atomic E-state index is 13.3. The minimum Gasteiger partial charge on any atom is -0.481 e. The van der Waals surface area contributed by atoms with E-state index in [1.54, 1.807) is 13.1 Å². The molecule has 2 N–H and O–H groups in total. The van der Waals surface area contributed by atoms with Crippen LogP contribution in [-0.2, 0) is 19.1 Å². The number of ether oxygens (including phenoxy) is 2. The minimum absolute atomic E-state index is 0.0434. The van der Waals surface area contributed by atoms with Gasteiger partial charge in [0.05, 0.1) is 24.9 Å². The molecule has 2 aromatic rings. The molecule has 0 radical (unpaired) electrons. The molecule has 4 rings (SSSR count). The lowest BCUT2D eigenvalue weighted by Gasteiger charge is -2.35. The smallest absolute Gasteiger partial charge is 0.338 e. The van der Waals surface area contributed by atoms with E-state index in [9.17, 15) is 9.59 Å². The first-order valence-corrected chi connectivity index (χ1v) is 13.8. The van der Waals surface area contributed by atoms with Crippen molar-refractivity contribution in [1.82, 2.24) is 15.2 Å². The zero-order valence-electron chi connectivity index (χ0n) is 19.6. The van der Waals surface area contributed by atoms with Gasteiger partial charge < -0.3 is 19.9 Å². The summed E-state index contributed by atoms with van der Waals surface area (Å²) in [5.74, 6) is -0.751. The van der Waals surface area contributed by atoms with E-state index in [-0.39, 0.29) is 19.1 Å². The van der Waals surface area contributed by atoms with Crippen LogP contribution in [0, 0.1) is 3.57 Å². The van der Waals surface area contributed by atoms with Gasteiger partial charge in [-0.1, -0.05) is 17.7 Å². The number of benzene rings is 1. The third kappa shape index (κ3) is 6.62. The molecule has 2 aliphatic heterocycles. The Kier molecular flexibility index (Phi) is 9.34. The number of carbonyl (C=O) groups is 2. The normalized spacial score (nSPS) is 20.6. The number of aliphatic imine (C=N–C) groups is 1. The van der Waals surface area contributed by atoms with Crippen molar-refractivity contribution in [2.45, 2.75) is 31.9 Å². The second-order valence-corrected chi connectivity index (χ2v) is 10.8. The number of nitrogens with zero attached hydrogens (tertiary/aromatic N) is 3. The summed E-state index contributed by atoms with van der Waals surface area (Å²) in [4.78, 5) is 35.7. The Bertz CT molecular complexity index is 1170. The van der Waals surface area contributed by atoms with Crippen LogP contribution in [0.5, 0.6) is 0 Å². The molecule has 0 saturated carbocycles. The van der Waals surface area contributed by atoms with E-state index in [1.807, 2.05) is 23.6 Å². The number of halogens is 2. The molecule has 2 atom stereocenters. The number of aromatic nitrogens is 1. The van der Waals surface area contributed by atoms with Crippen LogP contribution < -0.4 is 5.32 Å². The lowest BCUT2D eigenvalue weighted by molar-refractivity contribution is -0.139. The summed E-state index contributed by atoms with van der Waals surface area (Å²) >= 11 is 10.3. The van der Waals surface area contributed by atoms with Gasteiger partial charge in [0.2, 0.25) is 0 Å². The molecule has 1 aromatic heterocycles.